The highest BCUT2D eigenvalue weighted by atomic mass is 15.1. The Kier molecular flexibility index (Phi) is 7.51. The molecule has 7 rings (SSSR count). The van der Waals surface area contributed by atoms with Gasteiger partial charge in [-0.15, -0.1) is 0 Å². The SMILES string of the molecule is CCCC1(Cc2ccccc2)CCCCC1(C)c1cc(-c2ccc3c(c2)[C@]2(C)CCCCC2(c2ccccc2)N3)ccc1C. The second-order valence-corrected chi connectivity index (χ2v) is 15.0. The Hall–Kier alpha value is -3.32. The normalized spacial score (nSPS) is 29.5. The van der Waals surface area contributed by atoms with Crippen LogP contribution < -0.4 is 5.32 Å². The Morgan fingerprint density at radius 3 is 1.98 bits per heavy atom. The lowest BCUT2D eigenvalue weighted by molar-refractivity contribution is 0.0558. The standard InChI is InChI=1S/C43H51N/c1-5-24-42(31-33-16-8-6-9-17-33)27-14-12-25-40(42,3)37-29-34(21-20-32(37)2)35-22-23-39-38(30-35)41(4)26-13-15-28-43(41,44-39)36-18-10-7-11-19-36/h6-11,16-23,29-30,44H,5,12-15,24-28,31H2,1-4H3/t40?,41-,42?,43?/m0/s1. The molecule has 4 aromatic rings. The van der Waals surface area contributed by atoms with Crippen molar-refractivity contribution in [3.63, 3.8) is 0 Å². The molecule has 2 fully saturated rings. The average Bonchev–Trinajstić information content (AvgIpc) is 3.32. The van der Waals surface area contributed by atoms with Crippen molar-refractivity contribution >= 4 is 5.69 Å². The summed E-state index contributed by atoms with van der Waals surface area (Å²) in [5.74, 6) is 0. The van der Waals surface area contributed by atoms with Crippen LogP contribution in [0.5, 0.6) is 0 Å². The summed E-state index contributed by atoms with van der Waals surface area (Å²) in [6.07, 6.45) is 13.9. The van der Waals surface area contributed by atoms with Crippen LogP contribution in [-0.2, 0) is 22.8 Å². The number of hydrogen-bond donors (Lipinski definition) is 1. The molecule has 2 saturated carbocycles. The van der Waals surface area contributed by atoms with Crippen LogP contribution in [0.2, 0.25) is 0 Å². The first-order valence-electron chi connectivity index (χ1n) is 17.5. The molecule has 1 aliphatic heterocycles. The van der Waals surface area contributed by atoms with Crippen molar-refractivity contribution in [2.24, 2.45) is 5.41 Å². The van der Waals surface area contributed by atoms with Gasteiger partial charge in [0.1, 0.15) is 0 Å². The lowest BCUT2D eigenvalue weighted by Crippen LogP contribution is -2.50. The van der Waals surface area contributed by atoms with E-state index in [9.17, 15) is 0 Å². The number of aryl methyl sites for hydroxylation is 1. The number of anilines is 1. The first kappa shape index (κ1) is 29.4. The lowest BCUT2D eigenvalue weighted by atomic mass is 9.50. The van der Waals surface area contributed by atoms with Gasteiger partial charge in [0.25, 0.3) is 0 Å². The van der Waals surface area contributed by atoms with Crippen molar-refractivity contribution in [1.29, 1.82) is 0 Å². The molecule has 0 saturated heterocycles. The summed E-state index contributed by atoms with van der Waals surface area (Å²) >= 11 is 0. The van der Waals surface area contributed by atoms with Crippen molar-refractivity contribution in [2.45, 2.75) is 115 Å². The van der Waals surface area contributed by atoms with Crippen molar-refractivity contribution in [2.75, 3.05) is 5.32 Å². The van der Waals surface area contributed by atoms with Crippen molar-refractivity contribution < 1.29 is 0 Å². The number of rotatable bonds is 7. The van der Waals surface area contributed by atoms with Gasteiger partial charge in [-0.1, -0.05) is 138 Å². The fraction of sp³-hybridized carbons (Fsp3) is 0.442. The van der Waals surface area contributed by atoms with E-state index in [-0.39, 0.29) is 21.8 Å². The fourth-order valence-corrected chi connectivity index (χ4v) is 10.2. The van der Waals surface area contributed by atoms with Crippen LogP contribution in [0.15, 0.2) is 97.1 Å². The highest BCUT2D eigenvalue weighted by Crippen LogP contribution is 2.61. The predicted molar refractivity (Wildman–Crippen MR) is 187 cm³/mol. The molecule has 0 amide bonds. The van der Waals surface area contributed by atoms with Crippen LogP contribution in [-0.4, -0.2) is 0 Å². The summed E-state index contributed by atoms with van der Waals surface area (Å²) < 4.78 is 0. The van der Waals surface area contributed by atoms with Crippen LogP contribution in [0.4, 0.5) is 5.69 Å². The molecule has 1 nitrogen and oxygen atoms in total. The monoisotopic (exact) mass is 581 g/mol. The van der Waals surface area contributed by atoms with Gasteiger partial charge in [-0.05, 0) is 107 Å². The van der Waals surface area contributed by atoms with Crippen molar-refractivity contribution in [1.82, 2.24) is 0 Å². The van der Waals surface area contributed by atoms with Crippen LogP contribution in [0.1, 0.15) is 113 Å². The minimum absolute atomic E-state index is 0.0291. The summed E-state index contributed by atoms with van der Waals surface area (Å²) in [6, 6.07) is 37.3. The Morgan fingerprint density at radius 1 is 0.636 bits per heavy atom. The summed E-state index contributed by atoms with van der Waals surface area (Å²) in [7, 11) is 0. The minimum atomic E-state index is -0.0291. The maximum Gasteiger partial charge on any atom is 0.0719 e. The topological polar surface area (TPSA) is 12.0 Å². The van der Waals surface area contributed by atoms with E-state index in [4.69, 9.17) is 0 Å². The summed E-state index contributed by atoms with van der Waals surface area (Å²) in [5.41, 5.74) is 12.0. The molecule has 3 unspecified atom stereocenters. The fourth-order valence-electron chi connectivity index (χ4n) is 10.2. The predicted octanol–water partition coefficient (Wildman–Crippen LogP) is 11.7. The van der Waals surface area contributed by atoms with Gasteiger partial charge >= 0.3 is 0 Å². The maximum absolute atomic E-state index is 4.11. The molecule has 4 aromatic carbocycles. The lowest BCUT2D eigenvalue weighted by Gasteiger charge is -2.54. The van der Waals surface area contributed by atoms with Gasteiger partial charge in [0.05, 0.1) is 5.54 Å². The third-order valence-electron chi connectivity index (χ3n) is 12.7. The zero-order valence-corrected chi connectivity index (χ0v) is 27.5. The molecule has 228 valence electrons. The van der Waals surface area contributed by atoms with Crippen molar-refractivity contribution in [3.05, 3.63) is 125 Å². The van der Waals surface area contributed by atoms with E-state index in [1.165, 1.54) is 110 Å². The Labute approximate surface area is 266 Å². The van der Waals surface area contributed by atoms with E-state index in [0.29, 0.717) is 0 Å². The molecule has 1 N–H and O–H groups in total. The third-order valence-corrected chi connectivity index (χ3v) is 12.7. The zero-order valence-electron chi connectivity index (χ0n) is 27.5. The van der Waals surface area contributed by atoms with E-state index in [1.807, 2.05) is 0 Å². The van der Waals surface area contributed by atoms with E-state index >= 15 is 0 Å². The number of benzene rings is 4. The summed E-state index contributed by atoms with van der Waals surface area (Å²) in [5, 5.41) is 4.11. The minimum Gasteiger partial charge on any atom is -0.374 e. The van der Waals surface area contributed by atoms with Gasteiger partial charge in [-0.3, -0.25) is 0 Å². The first-order chi connectivity index (χ1) is 21.3. The molecule has 0 radical (unpaired) electrons. The van der Waals surface area contributed by atoms with Gasteiger partial charge in [0.15, 0.2) is 0 Å². The van der Waals surface area contributed by atoms with E-state index in [0.717, 1.165) is 0 Å². The quantitative estimate of drug-likeness (QED) is 0.229. The Bertz CT molecular complexity index is 1620. The molecule has 44 heavy (non-hydrogen) atoms. The molecule has 1 heteroatoms. The third kappa shape index (κ3) is 4.48. The van der Waals surface area contributed by atoms with Gasteiger partial charge < -0.3 is 5.32 Å². The highest BCUT2D eigenvalue weighted by Gasteiger charge is 2.56. The molecular weight excluding hydrogens is 530 g/mol. The number of fused-ring (bicyclic) bond motifs is 3. The second-order valence-electron chi connectivity index (χ2n) is 15.0. The van der Waals surface area contributed by atoms with Crippen molar-refractivity contribution in [3.8, 4) is 11.1 Å². The first-order valence-corrected chi connectivity index (χ1v) is 17.5. The molecule has 4 atom stereocenters. The van der Waals surface area contributed by atoms with Crippen LogP contribution >= 0.6 is 0 Å². The van der Waals surface area contributed by atoms with Gasteiger partial charge in [0.2, 0.25) is 0 Å². The average molecular weight is 582 g/mol. The summed E-state index contributed by atoms with van der Waals surface area (Å²) in [6.45, 7) is 9.92. The van der Waals surface area contributed by atoms with E-state index < -0.39 is 0 Å². The molecule has 2 aliphatic carbocycles. The van der Waals surface area contributed by atoms with Gasteiger partial charge in [-0.25, -0.2) is 0 Å². The Morgan fingerprint density at radius 2 is 1.25 bits per heavy atom. The maximum atomic E-state index is 4.11. The molecule has 3 aliphatic rings. The van der Waals surface area contributed by atoms with E-state index in [1.54, 1.807) is 5.56 Å². The van der Waals surface area contributed by atoms with Gasteiger partial charge in [0, 0.05) is 11.1 Å². The summed E-state index contributed by atoms with van der Waals surface area (Å²) in [4.78, 5) is 0. The number of nitrogens with one attached hydrogen (secondary N) is 1. The zero-order chi connectivity index (χ0) is 30.4. The van der Waals surface area contributed by atoms with Gasteiger partial charge in [-0.2, -0.15) is 0 Å². The molecule has 0 bridgehead atoms. The van der Waals surface area contributed by atoms with Crippen LogP contribution in [0, 0.1) is 12.3 Å². The highest BCUT2D eigenvalue weighted by molar-refractivity contribution is 5.75. The molecule has 1 heterocycles. The van der Waals surface area contributed by atoms with Crippen LogP contribution in [0.25, 0.3) is 11.1 Å². The Balaban J connectivity index is 1.31. The van der Waals surface area contributed by atoms with E-state index in [2.05, 4.69) is 130 Å². The molecular formula is C43H51N. The largest absolute Gasteiger partial charge is 0.374 e. The molecule has 0 spiro atoms. The number of hydrogen-bond acceptors (Lipinski definition) is 1. The molecule has 0 aromatic heterocycles. The second kappa shape index (κ2) is 11.2. The van der Waals surface area contributed by atoms with Crippen LogP contribution in [0.3, 0.4) is 0 Å². The smallest absolute Gasteiger partial charge is 0.0719 e.